The van der Waals surface area contributed by atoms with E-state index in [1.807, 2.05) is 6.07 Å². The van der Waals surface area contributed by atoms with Crippen molar-refractivity contribution < 1.29 is 8.42 Å². The van der Waals surface area contributed by atoms with Crippen molar-refractivity contribution in [3.8, 4) is 0 Å². The lowest BCUT2D eigenvalue weighted by Crippen LogP contribution is -2.28. The Hall–Kier alpha value is -1.21. The molecule has 7 heteroatoms. The Balaban J connectivity index is 2.51. The van der Waals surface area contributed by atoms with Crippen LogP contribution >= 0.6 is 0 Å². The summed E-state index contributed by atoms with van der Waals surface area (Å²) in [7, 11) is -0.107. The summed E-state index contributed by atoms with van der Waals surface area (Å²) in [5.41, 5.74) is 0.963. The number of aromatic nitrogens is 2. The molecular formula is C11H20N4O2S. The van der Waals surface area contributed by atoms with Crippen LogP contribution in [0.15, 0.2) is 12.4 Å². The zero-order valence-corrected chi connectivity index (χ0v) is 11.9. The highest BCUT2D eigenvalue weighted by atomic mass is 32.2. The van der Waals surface area contributed by atoms with Crippen LogP contribution in [-0.4, -0.2) is 49.1 Å². The molecule has 0 unspecified atom stereocenters. The predicted molar refractivity (Wildman–Crippen MR) is 72.0 cm³/mol. The van der Waals surface area contributed by atoms with Gasteiger partial charge < -0.3 is 5.32 Å². The number of sulfonamides is 1. The van der Waals surface area contributed by atoms with E-state index in [2.05, 4.69) is 22.2 Å². The third kappa shape index (κ3) is 4.58. The lowest BCUT2D eigenvalue weighted by molar-refractivity contribution is 0.521. The number of aryl methyl sites for hydroxylation is 1. The van der Waals surface area contributed by atoms with Crippen LogP contribution in [-0.2, 0) is 16.4 Å². The van der Waals surface area contributed by atoms with E-state index < -0.39 is 10.0 Å². The number of nitrogens with zero attached hydrogens (tertiary/aromatic N) is 3. The molecule has 1 rings (SSSR count). The monoisotopic (exact) mass is 272 g/mol. The van der Waals surface area contributed by atoms with Gasteiger partial charge in [0.15, 0.2) is 0 Å². The molecule has 0 aliphatic rings. The second-order valence-electron chi connectivity index (χ2n) is 4.17. The first kappa shape index (κ1) is 14.8. The fourth-order valence-electron chi connectivity index (χ4n) is 1.38. The van der Waals surface area contributed by atoms with Crippen molar-refractivity contribution >= 4 is 15.8 Å². The van der Waals surface area contributed by atoms with Crippen LogP contribution in [0.5, 0.6) is 0 Å². The molecular weight excluding hydrogens is 252 g/mol. The topological polar surface area (TPSA) is 75.2 Å². The first-order valence-electron chi connectivity index (χ1n) is 5.90. The molecule has 0 spiro atoms. The summed E-state index contributed by atoms with van der Waals surface area (Å²) in [4.78, 5) is 8.19. The van der Waals surface area contributed by atoms with Gasteiger partial charge in [-0.1, -0.05) is 13.3 Å². The van der Waals surface area contributed by atoms with Crippen molar-refractivity contribution in [3.63, 3.8) is 0 Å². The summed E-state index contributed by atoms with van der Waals surface area (Å²) in [6.07, 6.45) is 3.41. The van der Waals surface area contributed by atoms with Crippen molar-refractivity contribution in [1.29, 1.82) is 0 Å². The molecule has 0 aliphatic heterocycles. The average Bonchev–Trinajstić information content (AvgIpc) is 2.29. The molecule has 6 nitrogen and oxygen atoms in total. The Labute approximate surface area is 108 Å². The summed E-state index contributed by atoms with van der Waals surface area (Å²) in [6.45, 7) is 2.42. The molecule has 0 saturated heterocycles. The Morgan fingerprint density at radius 1 is 1.33 bits per heavy atom. The number of rotatable bonds is 7. The van der Waals surface area contributed by atoms with Gasteiger partial charge in [-0.15, -0.1) is 0 Å². The molecule has 1 N–H and O–H groups in total. The minimum atomic E-state index is -3.16. The molecule has 1 aromatic rings. The van der Waals surface area contributed by atoms with Gasteiger partial charge in [0.25, 0.3) is 0 Å². The predicted octanol–water partition coefficient (Wildman–Crippen LogP) is 0.732. The summed E-state index contributed by atoms with van der Waals surface area (Å²) >= 11 is 0. The summed E-state index contributed by atoms with van der Waals surface area (Å²) < 4.78 is 24.3. The largest absolute Gasteiger partial charge is 0.369 e. The van der Waals surface area contributed by atoms with Crippen LogP contribution < -0.4 is 5.32 Å². The molecule has 0 bridgehead atoms. The third-order valence-corrected chi connectivity index (χ3v) is 4.29. The van der Waals surface area contributed by atoms with Crippen LogP contribution in [0.25, 0.3) is 0 Å². The van der Waals surface area contributed by atoms with E-state index in [4.69, 9.17) is 0 Å². The van der Waals surface area contributed by atoms with E-state index in [0.29, 0.717) is 12.4 Å². The SMILES string of the molecule is CCCc1cc(NCCS(=O)(=O)N(C)C)ncn1. The molecule has 0 saturated carbocycles. The Bertz CT molecular complexity index is 474. The van der Waals surface area contributed by atoms with Crippen LogP contribution in [0, 0.1) is 0 Å². The molecule has 0 amide bonds. The molecule has 0 atom stereocenters. The van der Waals surface area contributed by atoms with E-state index in [1.165, 1.54) is 24.7 Å². The zero-order chi connectivity index (χ0) is 13.6. The second kappa shape index (κ2) is 6.65. The smallest absolute Gasteiger partial charge is 0.215 e. The maximum absolute atomic E-state index is 11.5. The van der Waals surface area contributed by atoms with Crippen molar-refractivity contribution in [2.45, 2.75) is 19.8 Å². The standard InChI is InChI=1S/C11H20N4O2S/c1-4-5-10-8-11(14-9-13-10)12-6-7-18(16,17)15(2)3/h8-9H,4-7H2,1-3H3,(H,12,13,14). The van der Waals surface area contributed by atoms with Gasteiger partial charge in [0.2, 0.25) is 10.0 Å². The fraction of sp³-hybridized carbons (Fsp3) is 0.636. The molecule has 18 heavy (non-hydrogen) atoms. The van der Waals surface area contributed by atoms with Gasteiger partial charge in [-0.3, -0.25) is 0 Å². The first-order valence-corrected chi connectivity index (χ1v) is 7.51. The van der Waals surface area contributed by atoms with Crippen molar-refractivity contribution in [1.82, 2.24) is 14.3 Å². The molecule has 1 aromatic heterocycles. The normalized spacial score (nSPS) is 11.8. The van der Waals surface area contributed by atoms with Crippen molar-refractivity contribution in [2.75, 3.05) is 31.7 Å². The number of anilines is 1. The van der Waals surface area contributed by atoms with Crippen molar-refractivity contribution in [3.05, 3.63) is 18.1 Å². The van der Waals surface area contributed by atoms with E-state index >= 15 is 0 Å². The van der Waals surface area contributed by atoms with Crippen LogP contribution in [0.3, 0.4) is 0 Å². The summed E-state index contributed by atoms with van der Waals surface area (Å²) in [6, 6.07) is 1.85. The lowest BCUT2D eigenvalue weighted by Gasteiger charge is -2.12. The quantitative estimate of drug-likeness (QED) is 0.792. The van der Waals surface area contributed by atoms with Crippen LogP contribution in [0.1, 0.15) is 19.0 Å². The third-order valence-electron chi connectivity index (χ3n) is 2.45. The first-order chi connectivity index (χ1) is 8.45. The van der Waals surface area contributed by atoms with Crippen LogP contribution in [0.2, 0.25) is 0 Å². The van der Waals surface area contributed by atoms with Gasteiger partial charge in [0, 0.05) is 32.4 Å². The van der Waals surface area contributed by atoms with Gasteiger partial charge in [0.05, 0.1) is 5.75 Å². The highest BCUT2D eigenvalue weighted by molar-refractivity contribution is 7.89. The van der Waals surface area contributed by atoms with Gasteiger partial charge in [0.1, 0.15) is 12.1 Å². The van der Waals surface area contributed by atoms with E-state index in [9.17, 15) is 8.42 Å². The maximum Gasteiger partial charge on any atom is 0.215 e. The molecule has 1 heterocycles. The van der Waals surface area contributed by atoms with Gasteiger partial charge in [-0.25, -0.2) is 22.7 Å². The number of hydrogen-bond acceptors (Lipinski definition) is 5. The summed E-state index contributed by atoms with van der Waals surface area (Å²) in [5.74, 6) is 0.718. The Morgan fingerprint density at radius 3 is 2.67 bits per heavy atom. The van der Waals surface area contributed by atoms with E-state index in [-0.39, 0.29) is 5.75 Å². The number of nitrogens with one attached hydrogen (secondary N) is 1. The molecule has 0 radical (unpaired) electrons. The van der Waals surface area contributed by atoms with Gasteiger partial charge in [-0.2, -0.15) is 0 Å². The van der Waals surface area contributed by atoms with E-state index in [1.54, 1.807) is 0 Å². The Morgan fingerprint density at radius 2 is 2.06 bits per heavy atom. The number of hydrogen-bond donors (Lipinski definition) is 1. The molecule has 0 fully saturated rings. The zero-order valence-electron chi connectivity index (χ0n) is 11.0. The van der Waals surface area contributed by atoms with E-state index in [0.717, 1.165) is 18.5 Å². The minimum Gasteiger partial charge on any atom is -0.369 e. The highest BCUT2D eigenvalue weighted by Crippen LogP contribution is 2.06. The lowest BCUT2D eigenvalue weighted by atomic mass is 10.2. The van der Waals surface area contributed by atoms with Crippen molar-refractivity contribution in [2.24, 2.45) is 0 Å². The Kier molecular flexibility index (Phi) is 5.49. The van der Waals surface area contributed by atoms with Crippen LogP contribution in [0.4, 0.5) is 5.82 Å². The average molecular weight is 272 g/mol. The molecule has 0 aliphatic carbocycles. The van der Waals surface area contributed by atoms with Gasteiger partial charge >= 0.3 is 0 Å². The second-order valence-corrected chi connectivity index (χ2v) is 6.47. The minimum absolute atomic E-state index is 0.0487. The maximum atomic E-state index is 11.5. The fourth-order valence-corrected chi connectivity index (χ4v) is 2.10. The molecule has 102 valence electrons. The summed E-state index contributed by atoms with van der Waals surface area (Å²) in [5, 5.41) is 3.00. The van der Waals surface area contributed by atoms with Gasteiger partial charge in [-0.05, 0) is 6.42 Å². The molecule has 0 aromatic carbocycles. The highest BCUT2D eigenvalue weighted by Gasteiger charge is 2.12.